The van der Waals surface area contributed by atoms with Gasteiger partial charge in [0.2, 0.25) is 0 Å². The van der Waals surface area contributed by atoms with Crippen molar-refractivity contribution in [1.82, 2.24) is 0 Å². The van der Waals surface area contributed by atoms with E-state index in [9.17, 15) is 5.11 Å². The molecular weight excluding hydrogens is 292 g/mol. The van der Waals surface area contributed by atoms with E-state index in [0.717, 1.165) is 13.1 Å². The molecule has 0 saturated heterocycles. The van der Waals surface area contributed by atoms with Gasteiger partial charge >= 0.3 is 0 Å². The van der Waals surface area contributed by atoms with E-state index < -0.39 is 6.10 Å². The number of terminal acetylenes is 1. The maximum atomic E-state index is 9.24. The van der Waals surface area contributed by atoms with Crippen LogP contribution < -0.4 is 0 Å². The number of hydrogen-bond acceptors (Lipinski definition) is 2. The molecular formula is C7H4Br2OS. The topological polar surface area (TPSA) is 20.2 Å². The van der Waals surface area contributed by atoms with Gasteiger partial charge in [0.1, 0.15) is 6.10 Å². The van der Waals surface area contributed by atoms with Crippen LogP contribution in [0.1, 0.15) is 11.7 Å². The molecule has 58 valence electrons. The average molecular weight is 296 g/mol. The zero-order valence-corrected chi connectivity index (χ0v) is 9.33. The highest BCUT2D eigenvalue weighted by Gasteiger charge is 2.11. The molecule has 0 amide bonds. The summed E-state index contributed by atoms with van der Waals surface area (Å²) in [5.74, 6) is 2.25. The first-order valence-electron chi connectivity index (χ1n) is 2.74. The zero-order chi connectivity index (χ0) is 8.43. The molecule has 0 bridgehead atoms. The molecule has 1 N–H and O–H groups in total. The molecule has 4 heteroatoms. The maximum absolute atomic E-state index is 9.24. The second-order valence-corrected chi connectivity index (χ2v) is 5.60. The van der Waals surface area contributed by atoms with E-state index in [4.69, 9.17) is 6.42 Å². The molecule has 1 heterocycles. The fraction of sp³-hybridized carbons (Fsp3) is 0.143. The molecule has 0 aliphatic rings. The zero-order valence-electron chi connectivity index (χ0n) is 5.34. The molecule has 0 saturated carbocycles. The predicted octanol–water partition coefficient (Wildman–Crippen LogP) is 2.94. The van der Waals surface area contributed by atoms with Crippen LogP contribution >= 0.6 is 43.2 Å². The maximum Gasteiger partial charge on any atom is 0.141 e. The summed E-state index contributed by atoms with van der Waals surface area (Å²) in [5, 5.41) is 9.24. The summed E-state index contributed by atoms with van der Waals surface area (Å²) < 4.78 is 1.82. The lowest BCUT2D eigenvalue weighted by atomic mass is 10.2. The minimum Gasteiger partial charge on any atom is -0.376 e. The van der Waals surface area contributed by atoms with Gasteiger partial charge in [-0.3, -0.25) is 0 Å². The van der Waals surface area contributed by atoms with Crippen LogP contribution in [0.4, 0.5) is 0 Å². The van der Waals surface area contributed by atoms with Crippen LogP contribution in [0.3, 0.4) is 0 Å². The number of halogens is 2. The molecule has 0 spiro atoms. The summed E-state index contributed by atoms with van der Waals surface area (Å²) in [6.45, 7) is 0. The predicted molar refractivity (Wildman–Crippen MR) is 53.5 cm³/mol. The van der Waals surface area contributed by atoms with E-state index in [1.165, 1.54) is 11.3 Å². The molecule has 0 fully saturated rings. The highest BCUT2D eigenvalue weighted by atomic mass is 79.9. The number of aliphatic hydroxyl groups excluding tert-OH is 1. The quantitative estimate of drug-likeness (QED) is 0.790. The smallest absolute Gasteiger partial charge is 0.141 e. The first kappa shape index (κ1) is 9.27. The largest absolute Gasteiger partial charge is 0.376 e. The minimum atomic E-state index is -0.813. The van der Waals surface area contributed by atoms with Gasteiger partial charge in [0.25, 0.3) is 0 Å². The van der Waals surface area contributed by atoms with Crippen molar-refractivity contribution in [2.24, 2.45) is 0 Å². The molecule has 1 atom stereocenters. The number of aliphatic hydroxyl groups is 1. The number of hydrogen-bond donors (Lipinski definition) is 1. The van der Waals surface area contributed by atoms with Gasteiger partial charge in [-0.15, -0.1) is 17.8 Å². The van der Waals surface area contributed by atoms with E-state index in [0.29, 0.717) is 0 Å². The molecule has 1 rings (SSSR count). The lowest BCUT2D eigenvalue weighted by molar-refractivity contribution is 0.238. The van der Waals surface area contributed by atoms with Crippen LogP contribution in [0.2, 0.25) is 0 Å². The Morgan fingerprint density at radius 1 is 1.64 bits per heavy atom. The van der Waals surface area contributed by atoms with E-state index in [-0.39, 0.29) is 0 Å². The second-order valence-electron chi connectivity index (χ2n) is 1.85. The van der Waals surface area contributed by atoms with E-state index in [2.05, 4.69) is 37.8 Å². The average Bonchev–Trinajstić information content (AvgIpc) is 2.28. The van der Waals surface area contributed by atoms with Crippen molar-refractivity contribution < 1.29 is 5.11 Å². The van der Waals surface area contributed by atoms with Crippen molar-refractivity contribution in [2.45, 2.75) is 6.10 Å². The van der Waals surface area contributed by atoms with Crippen LogP contribution in [0.25, 0.3) is 0 Å². The summed E-state index contributed by atoms with van der Waals surface area (Å²) in [5.41, 5.74) is 0.740. The number of rotatable bonds is 1. The van der Waals surface area contributed by atoms with Crippen molar-refractivity contribution in [1.29, 1.82) is 0 Å². The van der Waals surface area contributed by atoms with Gasteiger partial charge < -0.3 is 5.11 Å². The van der Waals surface area contributed by atoms with Gasteiger partial charge in [-0.25, -0.2) is 0 Å². The fourth-order valence-corrected chi connectivity index (χ4v) is 3.51. The highest BCUT2D eigenvalue weighted by molar-refractivity contribution is 9.12. The van der Waals surface area contributed by atoms with Gasteiger partial charge in [-0.2, -0.15) is 0 Å². The molecule has 1 aromatic rings. The third-order valence-electron chi connectivity index (χ3n) is 1.14. The summed E-state index contributed by atoms with van der Waals surface area (Å²) >= 11 is 8.07. The highest BCUT2D eigenvalue weighted by Crippen LogP contribution is 2.35. The first-order chi connectivity index (χ1) is 5.15. The molecule has 1 nitrogen and oxygen atoms in total. The minimum absolute atomic E-state index is 0.740. The molecule has 0 aliphatic heterocycles. The van der Waals surface area contributed by atoms with Crippen LogP contribution in [0.5, 0.6) is 0 Å². The molecule has 0 radical (unpaired) electrons. The SMILES string of the molecule is C#CC(O)c1cc(Br)sc1Br. The van der Waals surface area contributed by atoms with Crippen molar-refractivity contribution in [3.05, 3.63) is 19.2 Å². The third kappa shape index (κ3) is 2.06. The van der Waals surface area contributed by atoms with Crippen LogP contribution in [-0.2, 0) is 0 Å². The number of thiophene rings is 1. The monoisotopic (exact) mass is 294 g/mol. The Morgan fingerprint density at radius 3 is 2.64 bits per heavy atom. The van der Waals surface area contributed by atoms with Gasteiger partial charge in [-0.05, 0) is 37.9 Å². The Labute approximate surface area is 85.7 Å². The summed E-state index contributed by atoms with van der Waals surface area (Å²) in [4.78, 5) is 0. The standard InChI is InChI=1S/C7H4Br2OS/c1-2-5(10)4-3-6(8)11-7(4)9/h1,3,5,10H. The molecule has 0 aliphatic carbocycles. The van der Waals surface area contributed by atoms with Gasteiger partial charge in [0.05, 0.1) is 7.57 Å². The van der Waals surface area contributed by atoms with E-state index in [1.807, 2.05) is 0 Å². The van der Waals surface area contributed by atoms with Crippen LogP contribution in [0.15, 0.2) is 13.6 Å². The second kappa shape index (κ2) is 3.72. The van der Waals surface area contributed by atoms with E-state index in [1.54, 1.807) is 6.07 Å². The van der Waals surface area contributed by atoms with Crippen LogP contribution in [-0.4, -0.2) is 5.11 Å². The summed E-state index contributed by atoms with van der Waals surface area (Å²) in [6.07, 6.45) is 4.24. The fourth-order valence-electron chi connectivity index (χ4n) is 0.629. The van der Waals surface area contributed by atoms with Crippen molar-refractivity contribution >= 4 is 43.2 Å². The Kier molecular flexibility index (Phi) is 3.14. The molecule has 1 unspecified atom stereocenters. The summed E-state index contributed by atoms with van der Waals surface area (Å²) in [6, 6.07) is 1.80. The normalized spacial score (nSPS) is 12.5. The molecule has 0 aromatic carbocycles. The lowest BCUT2D eigenvalue weighted by Gasteiger charge is -1.98. The van der Waals surface area contributed by atoms with Gasteiger partial charge in [0.15, 0.2) is 0 Å². The Hall–Kier alpha value is 0.180. The van der Waals surface area contributed by atoms with Crippen molar-refractivity contribution in [3.8, 4) is 12.3 Å². The molecule has 11 heavy (non-hydrogen) atoms. The Balaban J connectivity index is 3.05. The Morgan fingerprint density at radius 2 is 2.27 bits per heavy atom. The van der Waals surface area contributed by atoms with Crippen molar-refractivity contribution in [2.75, 3.05) is 0 Å². The molecule has 1 aromatic heterocycles. The van der Waals surface area contributed by atoms with E-state index >= 15 is 0 Å². The lowest BCUT2D eigenvalue weighted by Crippen LogP contribution is -1.90. The van der Waals surface area contributed by atoms with Gasteiger partial charge in [0, 0.05) is 5.56 Å². The van der Waals surface area contributed by atoms with Crippen molar-refractivity contribution in [3.63, 3.8) is 0 Å². The van der Waals surface area contributed by atoms with Gasteiger partial charge in [-0.1, -0.05) is 5.92 Å². The van der Waals surface area contributed by atoms with Crippen LogP contribution in [0, 0.1) is 12.3 Å². The Bertz CT molecular complexity index is 300. The summed E-state index contributed by atoms with van der Waals surface area (Å²) in [7, 11) is 0. The first-order valence-corrected chi connectivity index (χ1v) is 5.14. The third-order valence-corrected chi connectivity index (χ3v) is 3.52.